The van der Waals surface area contributed by atoms with Crippen molar-refractivity contribution < 1.29 is 9.21 Å². The molecule has 4 heteroatoms. The summed E-state index contributed by atoms with van der Waals surface area (Å²) in [6, 6.07) is 12.0. The van der Waals surface area contributed by atoms with E-state index in [1.807, 2.05) is 43.3 Å². The first-order chi connectivity index (χ1) is 9.95. The number of hydrogen-bond acceptors (Lipinski definition) is 3. The van der Waals surface area contributed by atoms with Gasteiger partial charge in [0.1, 0.15) is 11.5 Å². The zero-order chi connectivity index (χ0) is 15.4. The fraction of sp³-hybridized carbons (Fsp3) is 0.353. The standard InChI is InChI=1S/C17H22N2O2/c1-12-5-10-16(21-12)13(2)18-15-8-6-14(7-9-15)11-17(20)19(3)4/h5-10,13,18H,11H2,1-4H3. The summed E-state index contributed by atoms with van der Waals surface area (Å²) in [6.45, 7) is 3.99. The maximum Gasteiger partial charge on any atom is 0.226 e. The number of anilines is 1. The van der Waals surface area contributed by atoms with Crippen LogP contribution in [0.25, 0.3) is 0 Å². The molecule has 1 aromatic heterocycles. The Bertz CT molecular complexity index is 600. The van der Waals surface area contributed by atoms with Gasteiger partial charge in [0, 0.05) is 19.8 Å². The van der Waals surface area contributed by atoms with Crippen LogP contribution in [-0.2, 0) is 11.2 Å². The van der Waals surface area contributed by atoms with Crippen LogP contribution in [0.1, 0.15) is 30.0 Å². The third kappa shape index (κ3) is 4.12. The van der Waals surface area contributed by atoms with Crippen molar-refractivity contribution in [3.05, 3.63) is 53.5 Å². The van der Waals surface area contributed by atoms with Gasteiger partial charge in [-0.3, -0.25) is 4.79 Å². The average molecular weight is 286 g/mol. The molecule has 1 heterocycles. The predicted molar refractivity (Wildman–Crippen MR) is 84.3 cm³/mol. The molecule has 1 amide bonds. The number of rotatable bonds is 5. The largest absolute Gasteiger partial charge is 0.464 e. The van der Waals surface area contributed by atoms with Gasteiger partial charge in [-0.25, -0.2) is 0 Å². The lowest BCUT2D eigenvalue weighted by atomic mass is 10.1. The van der Waals surface area contributed by atoms with Crippen LogP contribution in [-0.4, -0.2) is 24.9 Å². The molecule has 0 fully saturated rings. The van der Waals surface area contributed by atoms with E-state index in [4.69, 9.17) is 4.42 Å². The van der Waals surface area contributed by atoms with E-state index in [0.29, 0.717) is 6.42 Å². The van der Waals surface area contributed by atoms with Crippen LogP contribution in [0.3, 0.4) is 0 Å². The van der Waals surface area contributed by atoms with Gasteiger partial charge in [0.25, 0.3) is 0 Å². The van der Waals surface area contributed by atoms with Gasteiger partial charge in [0.05, 0.1) is 12.5 Å². The fourth-order valence-electron chi connectivity index (χ4n) is 2.06. The minimum absolute atomic E-state index is 0.105. The van der Waals surface area contributed by atoms with Gasteiger partial charge >= 0.3 is 0 Å². The molecule has 0 saturated heterocycles. The van der Waals surface area contributed by atoms with Crippen LogP contribution in [0.4, 0.5) is 5.69 Å². The summed E-state index contributed by atoms with van der Waals surface area (Å²) in [5, 5.41) is 3.39. The lowest BCUT2D eigenvalue weighted by Crippen LogP contribution is -2.23. The topological polar surface area (TPSA) is 45.5 Å². The molecule has 1 aromatic carbocycles. The van der Waals surface area contributed by atoms with Crippen molar-refractivity contribution in [3.8, 4) is 0 Å². The van der Waals surface area contributed by atoms with Crippen LogP contribution >= 0.6 is 0 Å². The second kappa shape index (κ2) is 6.48. The normalized spacial score (nSPS) is 12.0. The van der Waals surface area contributed by atoms with Gasteiger partial charge < -0.3 is 14.6 Å². The average Bonchev–Trinajstić information content (AvgIpc) is 2.87. The van der Waals surface area contributed by atoms with E-state index in [1.54, 1.807) is 19.0 Å². The number of amides is 1. The number of carbonyl (C=O) groups excluding carboxylic acids is 1. The molecule has 0 bridgehead atoms. The first-order valence-corrected chi connectivity index (χ1v) is 7.07. The molecule has 0 aliphatic heterocycles. The molecule has 0 aliphatic carbocycles. The number of nitrogens with one attached hydrogen (secondary N) is 1. The maximum absolute atomic E-state index is 11.7. The molecule has 2 rings (SSSR count). The number of carbonyl (C=O) groups is 1. The van der Waals surface area contributed by atoms with Crippen molar-refractivity contribution >= 4 is 11.6 Å². The Labute approximate surface area is 125 Å². The molecule has 4 nitrogen and oxygen atoms in total. The highest BCUT2D eigenvalue weighted by atomic mass is 16.3. The summed E-state index contributed by atoms with van der Waals surface area (Å²) in [6.07, 6.45) is 0.431. The van der Waals surface area contributed by atoms with E-state index in [9.17, 15) is 4.79 Å². The molecule has 21 heavy (non-hydrogen) atoms. The zero-order valence-electron chi connectivity index (χ0n) is 13.0. The quantitative estimate of drug-likeness (QED) is 0.916. The smallest absolute Gasteiger partial charge is 0.226 e. The van der Waals surface area contributed by atoms with Crippen molar-refractivity contribution in [2.75, 3.05) is 19.4 Å². The Hall–Kier alpha value is -2.23. The van der Waals surface area contributed by atoms with E-state index in [2.05, 4.69) is 12.2 Å². The summed E-state index contributed by atoms with van der Waals surface area (Å²) in [7, 11) is 3.54. The number of aryl methyl sites for hydroxylation is 1. The second-order valence-electron chi connectivity index (χ2n) is 5.48. The number of nitrogens with zero attached hydrogens (tertiary/aromatic N) is 1. The highest BCUT2D eigenvalue weighted by Gasteiger charge is 2.10. The van der Waals surface area contributed by atoms with Crippen molar-refractivity contribution in [1.29, 1.82) is 0 Å². The molecule has 0 saturated carbocycles. The first kappa shape index (κ1) is 15.2. The molecule has 1 N–H and O–H groups in total. The molecule has 0 aliphatic rings. The summed E-state index contributed by atoms with van der Waals surface area (Å²) in [5.41, 5.74) is 2.03. The SMILES string of the molecule is Cc1ccc(C(C)Nc2ccc(CC(=O)N(C)C)cc2)o1. The summed E-state index contributed by atoms with van der Waals surface area (Å²) in [4.78, 5) is 13.3. The number of furan rings is 1. The van der Waals surface area contributed by atoms with Crippen molar-refractivity contribution in [2.24, 2.45) is 0 Å². The molecule has 0 radical (unpaired) electrons. The van der Waals surface area contributed by atoms with Crippen LogP contribution < -0.4 is 5.32 Å². The molecule has 0 spiro atoms. The van der Waals surface area contributed by atoms with Gasteiger partial charge in [-0.1, -0.05) is 12.1 Å². The Kier molecular flexibility index (Phi) is 4.68. The van der Waals surface area contributed by atoms with Gasteiger partial charge in [-0.05, 0) is 43.7 Å². The predicted octanol–water partition coefficient (Wildman–Crippen LogP) is 3.39. The maximum atomic E-state index is 11.7. The first-order valence-electron chi connectivity index (χ1n) is 7.07. The van der Waals surface area contributed by atoms with E-state index in [0.717, 1.165) is 22.8 Å². The van der Waals surface area contributed by atoms with E-state index >= 15 is 0 Å². The van der Waals surface area contributed by atoms with Gasteiger partial charge in [0.2, 0.25) is 5.91 Å². The zero-order valence-corrected chi connectivity index (χ0v) is 13.0. The van der Waals surface area contributed by atoms with Crippen LogP contribution in [0.5, 0.6) is 0 Å². The third-order valence-electron chi connectivity index (χ3n) is 3.38. The molecular formula is C17H22N2O2. The van der Waals surface area contributed by atoms with Crippen LogP contribution in [0, 0.1) is 6.92 Å². The Balaban J connectivity index is 1.97. The highest BCUT2D eigenvalue weighted by molar-refractivity contribution is 5.78. The van der Waals surface area contributed by atoms with Gasteiger partial charge in [0.15, 0.2) is 0 Å². The Morgan fingerprint density at radius 1 is 1.19 bits per heavy atom. The highest BCUT2D eigenvalue weighted by Crippen LogP contribution is 2.21. The summed E-state index contributed by atoms with van der Waals surface area (Å²) in [5.74, 6) is 1.94. The molecule has 1 unspecified atom stereocenters. The minimum atomic E-state index is 0.105. The van der Waals surface area contributed by atoms with E-state index in [-0.39, 0.29) is 11.9 Å². The van der Waals surface area contributed by atoms with Crippen molar-refractivity contribution in [1.82, 2.24) is 4.90 Å². The molecule has 112 valence electrons. The fourth-order valence-corrected chi connectivity index (χ4v) is 2.06. The molecule has 1 atom stereocenters. The van der Waals surface area contributed by atoms with Crippen LogP contribution in [0.2, 0.25) is 0 Å². The second-order valence-corrected chi connectivity index (χ2v) is 5.48. The number of hydrogen-bond donors (Lipinski definition) is 1. The Morgan fingerprint density at radius 2 is 1.86 bits per heavy atom. The van der Waals surface area contributed by atoms with Gasteiger partial charge in [-0.2, -0.15) is 0 Å². The molecular weight excluding hydrogens is 264 g/mol. The monoisotopic (exact) mass is 286 g/mol. The third-order valence-corrected chi connectivity index (χ3v) is 3.38. The number of benzene rings is 1. The lowest BCUT2D eigenvalue weighted by Gasteiger charge is -2.14. The Morgan fingerprint density at radius 3 is 2.38 bits per heavy atom. The van der Waals surface area contributed by atoms with E-state index in [1.165, 1.54) is 0 Å². The summed E-state index contributed by atoms with van der Waals surface area (Å²) >= 11 is 0. The lowest BCUT2D eigenvalue weighted by molar-refractivity contribution is -0.127. The summed E-state index contributed by atoms with van der Waals surface area (Å²) < 4.78 is 5.61. The van der Waals surface area contributed by atoms with Gasteiger partial charge in [-0.15, -0.1) is 0 Å². The van der Waals surface area contributed by atoms with Crippen molar-refractivity contribution in [2.45, 2.75) is 26.3 Å². The number of likely N-dealkylation sites (N-methyl/N-ethyl adjacent to an activating group) is 1. The van der Waals surface area contributed by atoms with Crippen LogP contribution in [0.15, 0.2) is 40.8 Å². The van der Waals surface area contributed by atoms with E-state index < -0.39 is 0 Å². The molecule has 2 aromatic rings. The minimum Gasteiger partial charge on any atom is -0.464 e. The van der Waals surface area contributed by atoms with Crippen molar-refractivity contribution in [3.63, 3.8) is 0 Å².